The molecule has 1 fully saturated rings. The minimum Gasteiger partial charge on any atom is -0.309 e. The van der Waals surface area contributed by atoms with Gasteiger partial charge < -0.3 is 10.2 Å². The van der Waals surface area contributed by atoms with Crippen molar-refractivity contribution in [2.24, 2.45) is 0 Å². The van der Waals surface area contributed by atoms with Crippen molar-refractivity contribution in [1.29, 1.82) is 0 Å². The summed E-state index contributed by atoms with van der Waals surface area (Å²) < 4.78 is 13.0. The molecular formula is C13H18ClFN2. The Morgan fingerprint density at radius 1 is 1.53 bits per heavy atom. The average Bonchev–Trinajstić information content (AvgIpc) is 2.60. The standard InChI is InChI=1S/C13H18ClFN2/c1-9-5-11(8-17(9)2)16-7-10-3-4-13(15)12(14)6-10/h3-4,6,9,11,16H,5,7-8H2,1-2H3. The normalized spacial score (nSPS) is 25.4. The molecule has 0 bridgehead atoms. The summed E-state index contributed by atoms with van der Waals surface area (Å²) in [5.74, 6) is -0.357. The molecule has 2 rings (SSSR count). The fourth-order valence-corrected chi connectivity index (χ4v) is 2.46. The molecule has 0 radical (unpaired) electrons. The second-order valence-corrected chi connectivity index (χ2v) is 5.26. The first-order valence-corrected chi connectivity index (χ1v) is 6.31. The van der Waals surface area contributed by atoms with Crippen molar-refractivity contribution < 1.29 is 4.39 Å². The summed E-state index contributed by atoms with van der Waals surface area (Å²) in [6.45, 7) is 4.04. The van der Waals surface area contributed by atoms with Crippen LogP contribution in [-0.4, -0.2) is 30.6 Å². The Bertz CT molecular complexity index is 387. The molecule has 2 atom stereocenters. The van der Waals surface area contributed by atoms with Crippen molar-refractivity contribution in [3.05, 3.63) is 34.6 Å². The largest absolute Gasteiger partial charge is 0.309 e. The molecule has 1 aliphatic rings. The maximum Gasteiger partial charge on any atom is 0.141 e. The number of nitrogens with zero attached hydrogens (tertiary/aromatic N) is 1. The summed E-state index contributed by atoms with van der Waals surface area (Å²) in [5, 5.41) is 3.68. The molecule has 1 heterocycles. The molecule has 2 nitrogen and oxygen atoms in total. The quantitative estimate of drug-likeness (QED) is 0.895. The minimum atomic E-state index is -0.357. The van der Waals surface area contributed by atoms with E-state index in [1.807, 2.05) is 0 Å². The summed E-state index contributed by atoms with van der Waals surface area (Å²) in [7, 11) is 2.14. The first kappa shape index (κ1) is 12.8. The lowest BCUT2D eigenvalue weighted by molar-refractivity contribution is 0.326. The highest BCUT2D eigenvalue weighted by molar-refractivity contribution is 6.30. The Labute approximate surface area is 107 Å². The molecule has 0 spiro atoms. The summed E-state index contributed by atoms with van der Waals surface area (Å²) in [6.07, 6.45) is 1.16. The second kappa shape index (κ2) is 5.34. The Morgan fingerprint density at radius 2 is 2.29 bits per heavy atom. The van der Waals surface area contributed by atoms with Crippen LogP contribution >= 0.6 is 11.6 Å². The van der Waals surface area contributed by atoms with E-state index in [-0.39, 0.29) is 10.8 Å². The Balaban J connectivity index is 1.88. The number of benzene rings is 1. The van der Waals surface area contributed by atoms with Crippen molar-refractivity contribution in [2.45, 2.75) is 32.0 Å². The fourth-order valence-electron chi connectivity index (χ4n) is 2.25. The summed E-state index contributed by atoms with van der Waals surface area (Å²) in [6, 6.07) is 6.02. The highest BCUT2D eigenvalue weighted by Gasteiger charge is 2.25. The number of likely N-dealkylation sites (N-methyl/N-ethyl adjacent to an activating group) is 1. The third-order valence-corrected chi connectivity index (χ3v) is 3.75. The van der Waals surface area contributed by atoms with E-state index in [1.54, 1.807) is 12.1 Å². The predicted octanol–water partition coefficient (Wildman–Crippen LogP) is 2.66. The van der Waals surface area contributed by atoms with Gasteiger partial charge in [0, 0.05) is 25.2 Å². The molecular weight excluding hydrogens is 239 g/mol. The van der Waals surface area contributed by atoms with Gasteiger partial charge in [-0.05, 0) is 38.1 Å². The number of rotatable bonds is 3. The molecule has 0 saturated carbocycles. The lowest BCUT2D eigenvalue weighted by atomic mass is 10.1. The van der Waals surface area contributed by atoms with Crippen LogP contribution in [0, 0.1) is 5.82 Å². The number of hydrogen-bond donors (Lipinski definition) is 1. The molecule has 94 valence electrons. The summed E-state index contributed by atoms with van der Waals surface area (Å²) >= 11 is 5.74. The van der Waals surface area contributed by atoms with E-state index < -0.39 is 0 Å². The van der Waals surface area contributed by atoms with Gasteiger partial charge in [0.25, 0.3) is 0 Å². The number of nitrogens with one attached hydrogen (secondary N) is 1. The lowest BCUT2D eigenvalue weighted by Crippen LogP contribution is -2.31. The monoisotopic (exact) mass is 256 g/mol. The molecule has 1 saturated heterocycles. The van der Waals surface area contributed by atoms with E-state index in [9.17, 15) is 4.39 Å². The topological polar surface area (TPSA) is 15.3 Å². The fraction of sp³-hybridized carbons (Fsp3) is 0.538. The molecule has 1 aromatic carbocycles. The molecule has 1 aromatic rings. The van der Waals surface area contributed by atoms with Crippen LogP contribution < -0.4 is 5.32 Å². The number of halogens is 2. The summed E-state index contributed by atoms with van der Waals surface area (Å²) in [4.78, 5) is 2.34. The first-order chi connectivity index (χ1) is 8.06. The maximum absolute atomic E-state index is 13.0. The highest BCUT2D eigenvalue weighted by Crippen LogP contribution is 2.18. The maximum atomic E-state index is 13.0. The van der Waals surface area contributed by atoms with Gasteiger partial charge in [0.2, 0.25) is 0 Å². The van der Waals surface area contributed by atoms with Crippen LogP contribution in [0.3, 0.4) is 0 Å². The zero-order valence-electron chi connectivity index (χ0n) is 10.2. The SMILES string of the molecule is CC1CC(NCc2ccc(F)c(Cl)c2)CN1C. The van der Waals surface area contributed by atoms with Crippen LogP contribution in [0.1, 0.15) is 18.9 Å². The number of likely N-dealkylation sites (tertiary alicyclic amines) is 1. The van der Waals surface area contributed by atoms with Gasteiger partial charge in [-0.3, -0.25) is 0 Å². The molecule has 17 heavy (non-hydrogen) atoms. The van der Waals surface area contributed by atoms with Gasteiger partial charge in [0.05, 0.1) is 5.02 Å². The van der Waals surface area contributed by atoms with Gasteiger partial charge in [0.15, 0.2) is 0 Å². The van der Waals surface area contributed by atoms with E-state index in [1.165, 1.54) is 6.07 Å². The van der Waals surface area contributed by atoms with E-state index in [2.05, 4.69) is 24.2 Å². The van der Waals surface area contributed by atoms with Gasteiger partial charge in [-0.25, -0.2) is 4.39 Å². The van der Waals surface area contributed by atoms with Gasteiger partial charge in [-0.15, -0.1) is 0 Å². The summed E-state index contributed by atoms with van der Waals surface area (Å²) in [5.41, 5.74) is 1.03. The predicted molar refractivity (Wildman–Crippen MR) is 68.7 cm³/mol. The number of hydrogen-bond acceptors (Lipinski definition) is 2. The van der Waals surface area contributed by atoms with Gasteiger partial charge in [0.1, 0.15) is 5.82 Å². The van der Waals surface area contributed by atoms with E-state index >= 15 is 0 Å². The van der Waals surface area contributed by atoms with Crippen molar-refractivity contribution in [3.8, 4) is 0 Å². The van der Waals surface area contributed by atoms with Crippen molar-refractivity contribution >= 4 is 11.6 Å². The van der Waals surface area contributed by atoms with E-state index in [0.717, 1.165) is 25.1 Å². The van der Waals surface area contributed by atoms with Crippen LogP contribution in [0.15, 0.2) is 18.2 Å². The third kappa shape index (κ3) is 3.18. The van der Waals surface area contributed by atoms with E-state index in [4.69, 9.17) is 11.6 Å². The van der Waals surface area contributed by atoms with Gasteiger partial charge >= 0.3 is 0 Å². The van der Waals surface area contributed by atoms with Gasteiger partial charge in [-0.1, -0.05) is 17.7 Å². The zero-order chi connectivity index (χ0) is 12.4. The van der Waals surface area contributed by atoms with Crippen molar-refractivity contribution in [3.63, 3.8) is 0 Å². The first-order valence-electron chi connectivity index (χ1n) is 5.94. The highest BCUT2D eigenvalue weighted by atomic mass is 35.5. The van der Waals surface area contributed by atoms with Crippen LogP contribution in [0.2, 0.25) is 5.02 Å². The molecule has 0 aromatic heterocycles. The van der Waals surface area contributed by atoms with Crippen LogP contribution in [-0.2, 0) is 6.54 Å². The van der Waals surface area contributed by atoms with Crippen molar-refractivity contribution in [2.75, 3.05) is 13.6 Å². The van der Waals surface area contributed by atoms with Crippen LogP contribution in [0.25, 0.3) is 0 Å². The van der Waals surface area contributed by atoms with E-state index in [0.29, 0.717) is 12.1 Å². The smallest absolute Gasteiger partial charge is 0.141 e. The molecule has 2 unspecified atom stereocenters. The van der Waals surface area contributed by atoms with Crippen LogP contribution in [0.5, 0.6) is 0 Å². The third-order valence-electron chi connectivity index (χ3n) is 3.47. The van der Waals surface area contributed by atoms with Crippen LogP contribution in [0.4, 0.5) is 4.39 Å². The molecule has 0 amide bonds. The van der Waals surface area contributed by atoms with Gasteiger partial charge in [-0.2, -0.15) is 0 Å². The molecule has 1 N–H and O–H groups in total. The minimum absolute atomic E-state index is 0.196. The Morgan fingerprint density at radius 3 is 2.88 bits per heavy atom. The zero-order valence-corrected chi connectivity index (χ0v) is 11.0. The Hall–Kier alpha value is -0.640. The lowest BCUT2D eigenvalue weighted by Gasteiger charge is -2.13. The van der Waals surface area contributed by atoms with Crippen molar-refractivity contribution in [1.82, 2.24) is 10.2 Å². The molecule has 0 aliphatic carbocycles. The molecule has 1 aliphatic heterocycles. The second-order valence-electron chi connectivity index (χ2n) is 4.85. The molecule has 4 heteroatoms. The Kier molecular flexibility index (Phi) is 4.02. The average molecular weight is 257 g/mol.